The van der Waals surface area contributed by atoms with E-state index in [1.165, 1.54) is 0 Å². The number of aryl methyl sites for hydroxylation is 2. The molecule has 2 aromatic heterocycles. The zero-order valence-corrected chi connectivity index (χ0v) is 7.07. The fourth-order valence-corrected chi connectivity index (χ4v) is 1.32. The summed E-state index contributed by atoms with van der Waals surface area (Å²) in [5.74, 6) is 0.540. The molecule has 0 aliphatic rings. The lowest BCUT2D eigenvalue weighted by atomic mass is 10.3. The van der Waals surface area contributed by atoms with Gasteiger partial charge in [0.15, 0.2) is 0 Å². The van der Waals surface area contributed by atoms with E-state index in [-0.39, 0.29) is 0 Å². The molecule has 4 nitrogen and oxygen atoms in total. The number of nitrogens with two attached hydrogens (primary N) is 1. The topological polar surface area (TPSA) is 56.7 Å². The molecular formula is C8H10N4. The number of hydrogen-bond acceptors (Lipinski definition) is 3. The summed E-state index contributed by atoms with van der Waals surface area (Å²) in [6, 6.07) is 3.71. The average molecular weight is 162 g/mol. The minimum atomic E-state index is 0.540. The van der Waals surface area contributed by atoms with Crippen LogP contribution in [0.25, 0.3) is 11.0 Å². The Balaban J connectivity index is 2.90. The summed E-state index contributed by atoms with van der Waals surface area (Å²) in [5, 5.41) is 4.23. The minimum absolute atomic E-state index is 0.540. The summed E-state index contributed by atoms with van der Waals surface area (Å²) in [6.07, 6.45) is 0. The minimum Gasteiger partial charge on any atom is -0.384 e. The number of rotatable bonds is 0. The maximum atomic E-state index is 5.55. The third-order valence-electron chi connectivity index (χ3n) is 1.89. The first-order valence-corrected chi connectivity index (χ1v) is 3.74. The summed E-state index contributed by atoms with van der Waals surface area (Å²) < 4.78 is 1.80. The van der Waals surface area contributed by atoms with Crippen molar-refractivity contribution in [3.05, 3.63) is 17.8 Å². The molecule has 0 unspecified atom stereocenters. The molecule has 4 heteroatoms. The number of anilines is 1. The first kappa shape index (κ1) is 7.09. The van der Waals surface area contributed by atoms with Crippen molar-refractivity contribution >= 4 is 16.9 Å². The van der Waals surface area contributed by atoms with Crippen molar-refractivity contribution in [2.75, 3.05) is 5.73 Å². The lowest BCUT2D eigenvalue weighted by Gasteiger charge is -1.93. The van der Waals surface area contributed by atoms with Gasteiger partial charge in [-0.25, -0.2) is 4.98 Å². The quantitative estimate of drug-likeness (QED) is 0.625. The summed E-state index contributed by atoms with van der Waals surface area (Å²) in [5.41, 5.74) is 8.37. The van der Waals surface area contributed by atoms with Crippen molar-refractivity contribution in [2.24, 2.45) is 7.05 Å². The van der Waals surface area contributed by atoms with Crippen molar-refractivity contribution in [3.8, 4) is 0 Å². The summed E-state index contributed by atoms with van der Waals surface area (Å²) in [7, 11) is 1.90. The van der Waals surface area contributed by atoms with Crippen molar-refractivity contribution in [1.29, 1.82) is 0 Å². The van der Waals surface area contributed by atoms with E-state index in [9.17, 15) is 0 Å². The van der Waals surface area contributed by atoms with Crippen molar-refractivity contribution < 1.29 is 0 Å². The van der Waals surface area contributed by atoms with E-state index in [1.54, 1.807) is 10.7 Å². The van der Waals surface area contributed by atoms with Gasteiger partial charge in [0, 0.05) is 7.05 Å². The number of hydrogen-bond donors (Lipinski definition) is 1. The Morgan fingerprint density at radius 3 is 2.92 bits per heavy atom. The fraction of sp³-hybridized carbons (Fsp3) is 0.250. The highest BCUT2D eigenvalue weighted by Crippen LogP contribution is 2.15. The molecule has 0 fully saturated rings. The number of fused-ring (bicyclic) bond motifs is 1. The van der Waals surface area contributed by atoms with Crippen LogP contribution in [0.2, 0.25) is 0 Å². The van der Waals surface area contributed by atoms with Gasteiger partial charge in [-0.3, -0.25) is 4.68 Å². The monoisotopic (exact) mass is 162 g/mol. The second-order valence-corrected chi connectivity index (χ2v) is 2.81. The second-order valence-electron chi connectivity index (χ2n) is 2.81. The van der Waals surface area contributed by atoms with Crippen molar-refractivity contribution in [2.45, 2.75) is 6.92 Å². The zero-order valence-electron chi connectivity index (χ0n) is 7.07. The molecular weight excluding hydrogens is 152 g/mol. The molecule has 0 aliphatic carbocycles. The van der Waals surface area contributed by atoms with Crippen LogP contribution in [0, 0.1) is 6.92 Å². The normalized spacial score (nSPS) is 10.8. The average Bonchev–Trinajstić information content (AvgIpc) is 2.28. The standard InChI is InChI=1S/C8H10N4/c1-5-8-6(12(2)11-5)3-4-7(9)10-8/h3-4H,1-2H3,(H2,9,10). The highest BCUT2D eigenvalue weighted by molar-refractivity contribution is 5.78. The van der Waals surface area contributed by atoms with Crippen LogP contribution >= 0.6 is 0 Å². The molecule has 0 atom stereocenters. The number of pyridine rings is 1. The Hall–Kier alpha value is -1.58. The highest BCUT2D eigenvalue weighted by atomic mass is 15.3. The molecule has 2 N–H and O–H groups in total. The maximum absolute atomic E-state index is 5.55. The van der Waals surface area contributed by atoms with Gasteiger partial charge in [-0.05, 0) is 19.1 Å². The first-order chi connectivity index (χ1) is 5.68. The van der Waals surface area contributed by atoms with Gasteiger partial charge < -0.3 is 5.73 Å². The Kier molecular flexibility index (Phi) is 1.30. The van der Waals surface area contributed by atoms with Crippen LogP contribution in [0.4, 0.5) is 5.82 Å². The zero-order chi connectivity index (χ0) is 8.72. The molecule has 0 aromatic carbocycles. The molecule has 0 saturated heterocycles. The Labute approximate surface area is 70.0 Å². The van der Waals surface area contributed by atoms with Crippen LogP contribution in [0.3, 0.4) is 0 Å². The van der Waals surface area contributed by atoms with Crippen LogP contribution in [0.15, 0.2) is 12.1 Å². The van der Waals surface area contributed by atoms with Gasteiger partial charge in [-0.15, -0.1) is 0 Å². The van der Waals surface area contributed by atoms with E-state index in [2.05, 4.69) is 10.1 Å². The molecule has 62 valence electrons. The molecule has 2 aromatic rings. The third kappa shape index (κ3) is 0.845. The van der Waals surface area contributed by atoms with Crippen LogP contribution in [0.1, 0.15) is 5.69 Å². The van der Waals surface area contributed by atoms with E-state index in [0.29, 0.717) is 5.82 Å². The van der Waals surface area contributed by atoms with Crippen LogP contribution in [-0.2, 0) is 7.05 Å². The van der Waals surface area contributed by atoms with Gasteiger partial charge in [-0.2, -0.15) is 5.10 Å². The van der Waals surface area contributed by atoms with Crippen LogP contribution < -0.4 is 5.73 Å². The van der Waals surface area contributed by atoms with E-state index >= 15 is 0 Å². The number of nitrogen functional groups attached to an aromatic ring is 1. The SMILES string of the molecule is Cc1nn(C)c2ccc(N)nc12. The molecule has 0 bridgehead atoms. The Bertz CT molecular complexity index is 430. The predicted molar refractivity (Wildman–Crippen MR) is 47.7 cm³/mol. The molecule has 2 heterocycles. The second kappa shape index (κ2) is 2.20. The molecule has 0 aliphatic heterocycles. The maximum Gasteiger partial charge on any atom is 0.124 e. The molecule has 12 heavy (non-hydrogen) atoms. The molecule has 2 rings (SSSR count). The number of nitrogens with zero attached hydrogens (tertiary/aromatic N) is 3. The van der Waals surface area contributed by atoms with Gasteiger partial charge in [0.25, 0.3) is 0 Å². The molecule has 0 spiro atoms. The molecule has 0 saturated carbocycles. The summed E-state index contributed by atoms with van der Waals surface area (Å²) in [4.78, 5) is 4.19. The largest absolute Gasteiger partial charge is 0.384 e. The Morgan fingerprint density at radius 1 is 1.42 bits per heavy atom. The van der Waals surface area contributed by atoms with Gasteiger partial charge in [0.2, 0.25) is 0 Å². The fourth-order valence-electron chi connectivity index (χ4n) is 1.32. The van der Waals surface area contributed by atoms with Crippen LogP contribution in [-0.4, -0.2) is 14.8 Å². The van der Waals surface area contributed by atoms with Crippen molar-refractivity contribution in [3.63, 3.8) is 0 Å². The molecule has 0 radical (unpaired) electrons. The highest BCUT2D eigenvalue weighted by Gasteiger charge is 2.04. The number of aromatic nitrogens is 3. The van der Waals surface area contributed by atoms with Crippen molar-refractivity contribution in [1.82, 2.24) is 14.8 Å². The smallest absolute Gasteiger partial charge is 0.124 e. The van der Waals surface area contributed by atoms with Crippen LogP contribution in [0.5, 0.6) is 0 Å². The lowest BCUT2D eigenvalue weighted by molar-refractivity contribution is 0.783. The summed E-state index contributed by atoms with van der Waals surface area (Å²) >= 11 is 0. The third-order valence-corrected chi connectivity index (χ3v) is 1.89. The van der Waals surface area contributed by atoms with E-state index in [0.717, 1.165) is 16.7 Å². The predicted octanol–water partition coefficient (Wildman–Crippen LogP) is 0.859. The van der Waals surface area contributed by atoms with Gasteiger partial charge in [-0.1, -0.05) is 0 Å². The van der Waals surface area contributed by atoms with E-state index in [4.69, 9.17) is 5.73 Å². The van der Waals surface area contributed by atoms with Gasteiger partial charge in [0.05, 0.1) is 11.2 Å². The van der Waals surface area contributed by atoms with Gasteiger partial charge in [0.1, 0.15) is 11.3 Å². The van der Waals surface area contributed by atoms with E-state index < -0.39 is 0 Å². The Morgan fingerprint density at radius 2 is 2.17 bits per heavy atom. The first-order valence-electron chi connectivity index (χ1n) is 3.74. The van der Waals surface area contributed by atoms with E-state index in [1.807, 2.05) is 20.0 Å². The summed E-state index contributed by atoms with van der Waals surface area (Å²) in [6.45, 7) is 1.93. The lowest BCUT2D eigenvalue weighted by Crippen LogP contribution is -1.91. The molecule has 0 amide bonds. The van der Waals surface area contributed by atoms with Gasteiger partial charge >= 0.3 is 0 Å².